The van der Waals surface area contributed by atoms with E-state index in [9.17, 15) is 5.11 Å². The predicted molar refractivity (Wildman–Crippen MR) is 142 cm³/mol. The minimum absolute atomic E-state index is 0.106. The van der Waals surface area contributed by atoms with Gasteiger partial charge in [0.1, 0.15) is 11.6 Å². The van der Waals surface area contributed by atoms with Crippen molar-refractivity contribution in [1.82, 2.24) is 15.3 Å². The Hall–Kier alpha value is -1.97. The number of pyridine rings is 2. The molecular weight excluding hydrogens is 464 g/mol. The summed E-state index contributed by atoms with van der Waals surface area (Å²) < 4.78 is 5.44. The SMILES string of the molecule is C[C@H](O)[C@@H](C)N[C@H]1CC[C@H](Nc2cc(-c3cccc(NCC4(N)CCOCC4)n3)c(Cl)cn2)CC1. The second kappa shape index (κ2) is 11.8. The highest BCUT2D eigenvalue weighted by Gasteiger charge is 2.28. The lowest BCUT2D eigenvalue weighted by Crippen LogP contribution is -2.50. The van der Waals surface area contributed by atoms with Gasteiger partial charge in [-0.1, -0.05) is 17.7 Å². The minimum Gasteiger partial charge on any atom is -0.392 e. The molecule has 0 unspecified atom stereocenters. The summed E-state index contributed by atoms with van der Waals surface area (Å²) in [6.07, 6.45) is 7.25. The first-order chi connectivity index (χ1) is 16.8. The van der Waals surface area contributed by atoms with E-state index in [0.717, 1.165) is 61.4 Å². The predicted octanol–water partition coefficient (Wildman–Crippen LogP) is 3.80. The van der Waals surface area contributed by atoms with E-state index in [1.54, 1.807) is 6.20 Å². The summed E-state index contributed by atoms with van der Waals surface area (Å²) in [5, 5.41) is 20.8. The average Bonchev–Trinajstić information content (AvgIpc) is 2.86. The molecule has 2 aromatic rings. The zero-order valence-electron chi connectivity index (χ0n) is 20.8. The standard InChI is InChI=1S/C26H39ClN6O2/c1-17(18(2)34)31-19-6-8-20(9-7-19)32-25-14-21(22(27)15-29-25)23-4-3-5-24(33-23)30-16-26(28)10-12-35-13-11-26/h3-5,14-15,17-20,31,34H,6-13,16,28H2,1-2H3,(H,29,32)(H,30,33)/t17-,18+,19-,20-/m1/s1. The van der Waals surface area contributed by atoms with Gasteiger partial charge in [-0.15, -0.1) is 0 Å². The number of rotatable bonds is 9. The number of ether oxygens (including phenoxy) is 1. The monoisotopic (exact) mass is 502 g/mol. The maximum absolute atomic E-state index is 9.75. The number of aliphatic hydroxyl groups excluding tert-OH is 1. The molecule has 2 aliphatic rings. The van der Waals surface area contributed by atoms with Gasteiger partial charge in [0.15, 0.2) is 0 Å². The van der Waals surface area contributed by atoms with Gasteiger partial charge in [0.05, 0.1) is 16.8 Å². The molecule has 6 N–H and O–H groups in total. The Morgan fingerprint density at radius 3 is 2.57 bits per heavy atom. The zero-order chi connectivity index (χ0) is 24.8. The van der Waals surface area contributed by atoms with Crippen LogP contribution in [0.1, 0.15) is 52.4 Å². The van der Waals surface area contributed by atoms with Crippen LogP contribution in [0.4, 0.5) is 11.6 Å². The van der Waals surface area contributed by atoms with Crippen molar-refractivity contribution in [2.24, 2.45) is 5.73 Å². The molecule has 1 saturated heterocycles. The molecular formula is C26H39ClN6O2. The van der Waals surface area contributed by atoms with Gasteiger partial charge in [-0.3, -0.25) is 0 Å². The number of nitrogens with one attached hydrogen (secondary N) is 3. The summed E-state index contributed by atoms with van der Waals surface area (Å²) in [7, 11) is 0. The fourth-order valence-corrected chi connectivity index (χ4v) is 4.94. The second-order valence-electron chi connectivity index (χ2n) is 10.2. The summed E-state index contributed by atoms with van der Waals surface area (Å²) in [5.41, 5.74) is 7.88. The lowest BCUT2D eigenvalue weighted by Gasteiger charge is -2.33. The van der Waals surface area contributed by atoms with E-state index in [0.29, 0.717) is 36.9 Å². The number of hydrogen-bond acceptors (Lipinski definition) is 8. The van der Waals surface area contributed by atoms with Crippen molar-refractivity contribution in [3.05, 3.63) is 35.5 Å². The van der Waals surface area contributed by atoms with Crippen LogP contribution >= 0.6 is 11.6 Å². The Morgan fingerprint density at radius 1 is 1.14 bits per heavy atom. The van der Waals surface area contributed by atoms with Crippen LogP contribution in [0.15, 0.2) is 30.5 Å². The lowest BCUT2D eigenvalue weighted by atomic mass is 9.90. The first kappa shape index (κ1) is 26.1. The molecule has 3 heterocycles. The highest BCUT2D eigenvalue weighted by atomic mass is 35.5. The zero-order valence-corrected chi connectivity index (χ0v) is 21.5. The molecule has 1 aliphatic heterocycles. The van der Waals surface area contributed by atoms with Gasteiger partial charge in [-0.05, 0) is 70.6 Å². The van der Waals surface area contributed by atoms with Gasteiger partial charge in [-0.25, -0.2) is 9.97 Å². The highest BCUT2D eigenvalue weighted by Crippen LogP contribution is 2.30. The maximum atomic E-state index is 9.75. The van der Waals surface area contributed by atoms with Gasteiger partial charge in [-0.2, -0.15) is 0 Å². The number of hydrogen-bond donors (Lipinski definition) is 5. The highest BCUT2D eigenvalue weighted by molar-refractivity contribution is 6.33. The molecule has 0 amide bonds. The van der Waals surface area contributed by atoms with Crippen molar-refractivity contribution in [2.45, 2.75) is 82.1 Å². The van der Waals surface area contributed by atoms with E-state index in [1.165, 1.54) is 0 Å². The van der Waals surface area contributed by atoms with Crippen LogP contribution in [0, 0.1) is 0 Å². The van der Waals surface area contributed by atoms with Gasteiger partial charge in [0.2, 0.25) is 0 Å². The van der Waals surface area contributed by atoms with Crippen LogP contribution in [0.25, 0.3) is 11.3 Å². The summed E-state index contributed by atoms with van der Waals surface area (Å²) in [6, 6.07) is 8.78. The molecule has 2 atom stereocenters. The van der Waals surface area contributed by atoms with Gasteiger partial charge in [0.25, 0.3) is 0 Å². The van der Waals surface area contributed by atoms with Gasteiger partial charge in [0, 0.05) is 55.2 Å². The third-order valence-electron chi connectivity index (χ3n) is 7.29. The third kappa shape index (κ3) is 7.27. The molecule has 0 bridgehead atoms. The summed E-state index contributed by atoms with van der Waals surface area (Å²) in [4.78, 5) is 9.31. The minimum atomic E-state index is -0.344. The Bertz CT molecular complexity index is 961. The number of nitrogens with zero attached hydrogens (tertiary/aromatic N) is 2. The Labute approximate surface area is 213 Å². The number of aromatic nitrogens is 2. The van der Waals surface area contributed by atoms with Crippen LogP contribution in [-0.4, -0.2) is 64.6 Å². The molecule has 35 heavy (non-hydrogen) atoms. The molecule has 192 valence electrons. The smallest absolute Gasteiger partial charge is 0.126 e. The largest absolute Gasteiger partial charge is 0.392 e. The summed E-state index contributed by atoms with van der Waals surface area (Å²) in [5.74, 6) is 1.58. The van der Waals surface area contributed by atoms with Crippen LogP contribution in [0.2, 0.25) is 5.02 Å². The van der Waals surface area contributed by atoms with E-state index < -0.39 is 0 Å². The molecule has 2 aromatic heterocycles. The van der Waals surface area contributed by atoms with Crippen molar-refractivity contribution in [2.75, 3.05) is 30.4 Å². The average molecular weight is 503 g/mol. The maximum Gasteiger partial charge on any atom is 0.126 e. The number of anilines is 2. The van der Waals surface area contributed by atoms with Gasteiger partial charge >= 0.3 is 0 Å². The lowest BCUT2D eigenvalue weighted by molar-refractivity contribution is 0.0574. The van der Waals surface area contributed by atoms with Crippen LogP contribution in [0.5, 0.6) is 0 Å². The normalized spacial score (nSPS) is 23.9. The van der Waals surface area contributed by atoms with Crippen molar-refractivity contribution in [1.29, 1.82) is 0 Å². The number of nitrogens with two attached hydrogens (primary N) is 1. The molecule has 9 heteroatoms. The summed E-state index contributed by atoms with van der Waals surface area (Å²) in [6.45, 7) is 5.92. The van der Waals surface area contributed by atoms with Crippen LogP contribution in [-0.2, 0) is 4.74 Å². The molecule has 4 rings (SSSR count). The fourth-order valence-electron chi connectivity index (χ4n) is 4.74. The first-order valence-electron chi connectivity index (χ1n) is 12.8. The van der Waals surface area contributed by atoms with Crippen molar-refractivity contribution in [3.63, 3.8) is 0 Å². The van der Waals surface area contributed by atoms with Crippen LogP contribution in [0.3, 0.4) is 0 Å². The molecule has 0 radical (unpaired) electrons. The molecule has 1 saturated carbocycles. The van der Waals surface area contributed by atoms with E-state index in [1.807, 2.05) is 38.1 Å². The third-order valence-corrected chi connectivity index (χ3v) is 7.59. The van der Waals surface area contributed by atoms with E-state index in [-0.39, 0.29) is 17.7 Å². The number of aliphatic hydroxyl groups is 1. The van der Waals surface area contributed by atoms with Crippen molar-refractivity contribution >= 4 is 23.2 Å². The second-order valence-corrected chi connectivity index (χ2v) is 10.6. The molecule has 8 nitrogen and oxygen atoms in total. The Kier molecular flexibility index (Phi) is 8.83. The molecule has 2 fully saturated rings. The molecule has 0 spiro atoms. The quantitative estimate of drug-likeness (QED) is 0.351. The van der Waals surface area contributed by atoms with E-state index in [2.05, 4.69) is 20.9 Å². The van der Waals surface area contributed by atoms with E-state index in [4.69, 9.17) is 27.1 Å². The van der Waals surface area contributed by atoms with Gasteiger partial charge < -0.3 is 31.5 Å². The number of halogens is 1. The topological polar surface area (TPSA) is 117 Å². The first-order valence-corrected chi connectivity index (χ1v) is 13.1. The molecule has 1 aliphatic carbocycles. The van der Waals surface area contributed by atoms with Crippen molar-refractivity contribution in [3.8, 4) is 11.3 Å². The fraction of sp³-hybridized carbons (Fsp3) is 0.615. The molecule has 0 aromatic carbocycles. The van der Waals surface area contributed by atoms with Crippen LogP contribution < -0.4 is 21.7 Å². The Morgan fingerprint density at radius 2 is 1.86 bits per heavy atom. The van der Waals surface area contributed by atoms with Crippen molar-refractivity contribution < 1.29 is 9.84 Å². The van der Waals surface area contributed by atoms with E-state index >= 15 is 0 Å². The summed E-state index contributed by atoms with van der Waals surface area (Å²) >= 11 is 6.53. The Balaban J connectivity index is 1.37.